The first kappa shape index (κ1) is 13.8. The van der Waals surface area contributed by atoms with E-state index < -0.39 is 0 Å². The van der Waals surface area contributed by atoms with E-state index in [4.69, 9.17) is 10.8 Å². The average molecular weight is 350 g/mol. The predicted molar refractivity (Wildman–Crippen MR) is 88.1 cm³/mol. The molecule has 2 N–H and O–H groups in total. The van der Waals surface area contributed by atoms with Crippen LogP contribution in [-0.4, -0.2) is 9.78 Å². The average Bonchev–Trinajstić information content (AvgIpc) is 3.03. The summed E-state index contributed by atoms with van der Waals surface area (Å²) in [6, 6.07) is 10.4. The van der Waals surface area contributed by atoms with Crippen LogP contribution >= 0.6 is 27.3 Å². The van der Waals surface area contributed by atoms with Crippen molar-refractivity contribution >= 4 is 38.2 Å². The minimum Gasteiger partial charge on any atom is -0.323 e. The molecule has 3 nitrogen and oxygen atoms in total. The van der Waals surface area contributed by atoms with Crippen molar-refractivity contribution in [2.45, 2.75) is 25.9 Å². The lowest BCUT2D eigenvalue weighted by atomic mass is 10.1. The van der Waals surface area contributed by atoms with E-state index in [0.29, 0.717) is 0 Å². The summed E-state index contributed by atoms with van der Waals surface area (Å²) in [6.45, 7) is 2.99. The fourth-order valence-corrected chi connectivity index (χ4v) is 3.87. The zero-order chi connectivity index (χ0) is 14.1. The van der Waals surface area contributed by atoms with E-state index in [2.05, 4.69) is 58.6 Å². The van der Waals surface area contributed by atoms with Crippen LogP contribution in [0.25, 0.3) is 10.9 Å². The van der Waals surface area contributed by atoms with Crippen molar-refractivity contribution < 1.29 is 0 Å². The van der Waals surface area contributed by atoms with Gasteiger partial charge in [0.15, 0.2) is 0 Å². The first-order valence-corrected chi connectivity index (χ1v) is 8.30. The number of hydrogen-bond donors (Lipinski definition) is 1. The third-order valence-electron chi connectivity index (χ3n) is 3.40. The van der Waals surface area contributed by atoms with E-state index in [1.165, 1.54) is 15.8 Å². The van der Waals surface area contributed by atoms with Gasteiger partial charge in [0.25, 0.3) is 0 Å². The van der Waals surface area contributed by atoms with E-state index in [1.807, 2.05) is 4.68 Å². The maximum absolute atomic E-state index is 6.32. The molecule has 2 aromatic heterocycles. The Balaban J connectivity index is 1.94. The van der Waals surface area contributed by atoms with Crippen LogP contribution in [0.3, 0.4) is 0 Å². The lowest BCUT2D eigenvalue weighted by molar-refractivity contribution is 0.645. The highest BCUT2D eigenvalue weighted by Gasteiger charge is 2.15. The molecule has 3 rings (SSSR count). The number of benzene rings is 1. The molecule has 0 saturated heterocycles. The summed E-state index contributed by atoms with van der Waals surface area (Å²) in [6.07, 6.45) is 0.764. The van der Waals surface area contributed by atoms with Gasteiger partial charge < -0.3 is 5.73 Å². The fraction of sp³-hybridized carbons (Fsp3) is 0.267. The molecule has 0 fully saturated rings. The molecule has 0 aliphatic carbocycles. The maximum atomic E-state index is 6.32. The summed E-state index contributed by atoms with van der Waals surface area (Å²) in [4.78, 5) is 1.19. The quantitative estimate of drug-likeness (QED) is 0.769. The Labute approximate surface area is 130 Å². The van der Waals surface area contributed by atoms with Gasteiger partial charge in [0.1, 0.15) is 0 Å². The van der Waals surface area contributed by atoms with Gasteiger partial charge in [-0.1, -0.05) is 18.2 Å². The van der Waals surface area contributed by atoms with Gasteiger partial charge in [-0.25, -0.2) is 0 Å². The maximum Gasteiger partial charge on any atom is 0.0722 e. The van der Waals surface area contributed by atoms with Crippen molar-refractivity contribution in [2.75, 3.05) is 0 Å². The van der Waals surface area contributed by atoms with Crippen molar-refractivity contribution in [3.63, 3.8) is 0 Å². The van der Waals surface area contributed by atoms with Crippen molar-refractivity contribution in [3.05, 3.63) is 50.8 Å². The van der Waals surface area contributed by atoms with E-state index in [-0.39, 0.29) is 6.04 Å². The molecule has 0 aliphatic rings. The summed E-state index contributed by atoms with van der Waals surface area (Å²) in [5.41, 5.74) is 8.59. The molecular formula is C15H16BrN3S. The van der Waals surface area contributed by atoms with Crippen molar-refractivity contribution in [3.8, 4) is 0 Å². The number of nitrogens with two attached hydrogens (primary N) is 1. The zero-order valence-electron chi connectivity index (χ0n) is 11.2. The number of rotatable bonds is 4. The van der Waals surface area contributed by atoms with E-state index >= 15 is 0 Å². The second kappa shape index (κ2) is 5.68. The lowest BCUT2D eigenvalue weighted by Crippen LogP contribution is -2.12. The summed E-state index contributed by atoms with van der Waals surface area (Å²) in [7, 11) is 0. The highest BCUT2D eigenvalue weighted by molar-refractivity contribution is 9.10. The number of nitrogens with zero attached hydrogens (tertiary/aromatic N) is 2. The molecule has 0 saturated carbocycles. The number of halogens is 1. The van der Waals surface area contributed by atoms with Crippen LogP contribution in [0.4, 0.5) is 0 Å². The predicted octanol–water partition coefficient (Wildman–Crippen LogP) is 4.12. The molecule has 0 radical (unpaired) electrons. The van der Waals surface area contributed by atoms with Crippen LogP contribution in [0, 0.1) is 0 Å². The van der Waals surface area contributed by atoms with Gasteiger partial charge in [0.2, 0.25) is 0 Å². The number of hydrogen-bond acceptors (Lipinski definition) is 3. The third kappa shape index (κ3) is 2.53. The molecule has 3 aromatic rings. The first-order valence-electron chi connectivity index (χ1n) is 6.63. The highest BCUT2D eigenvalue weighted by atomic mass is 79.9. The minimum atomic E-state index is -0.00471. The molecule has 0 bridgehead atoms. The lowest BCUT2D eigenvalue weighted by Gasteiger charge is -2.07. The smallest absolute Gasteiger partial charge is 0.0722 e. The van der Waals surface area contributed by atoms with Gasteiger partial charge in [0, 0.05) is 39.1 Å². The van der Waals surface area contributed by atoms with Crippen molar-refractivity contribution in [2.24, 2.45) is 5.73 Å². The van der Waals surface area contributed by atoms with Gasteiger partial charge in [-0.2, -0.15) is 5.10 Å². The summed E-state index contributed by atoms with van der Waals surface area (Å²) < 4.78 is 3.14. The molecule has 0 aliphatic heterocycles. The van der Waals surface area contributed by atoms with Crippen LogP contribution < -0.4 is 5.73 Å². The molecule has 1 unspecified atom stereocenters. The number of aryl methyl sites for hydroxylation is 1. The number of para-hydroxylation sites is 1. The summed E-state index contributed by atoms with van der Waals surface area (Å²) in [5.74, 6) is 0. The highest BCUT2D eigenvalue weighted by Crippen LogP contribution is 2.28. The molecule has 2 heterocycles. The SMILES string of the molecule is CCn1nc(CC(N)c2cc(Br)cs2)c2ccccc21. The first-order chi connectivity index (χ1) is 9.69. The Bertz CT molecular complexity index is 732. The van der Waals surface area contributed by atoms with Crippen LogP contribution in [0.5, 0.6) is 0 Å². The topological polar surface area (TPSA) is 43.8 Å². The Hall–Kier alpha value is -1.17. The summed E-state index contributed by atoms with van der Waals surface area (Å²) >= 11 is 5.16. The molecule has 0 amide bonds. The Morgan fingerprint density at radius 1 is 1.40 bits per heavy atom. The van der Waals surface area contributed by atoms with Gasteiger partial charge in [-0.15, -0.1) is 11.3 Å². The normalized spacial score (nSPS) is 12.9. The monoisotopic (exact) mass is 349 g/mol. The molecule has 1 atom stereocenters. The van der Waals surface area contributed by atoms with Gasteiger partial charge in [0.05, 0.1) is 11.2 Å². The second-order valence-electron chi connectivity index (χ2n) is 4.76. The van der Waals surface area contributed by atoms with Crippen LogP contribution in [0.15, 0.2) is 40.2 Å². The van der Waals surface area contributed by atoms with Gasteiger partial charge >= 0.3 is 0 Å². The van der Waals surface area contributed by atoms with Crippen LogP contribution in [0.2, 0.25) is 0 Å². The Morgan fingerprint density at radius 2 is 2.20 bits per heavy atom. The van der Waals surface area contributed by atoms with Gasteiger partial charge in [-0.3, -0.25) is 4.68 Å². The molecule has 20 heavy (non-hydrogen) atoms. The fourth-order valence-electron chi connectivity index (χ4n) is 2.42. The third-order valence-corrected chi connectivity index (χ3v) is 5.23. The van der Waals surface area contributed by atoms with E-state index in [0.717, 1.165) is 23.1 Å². The molecule has 0 spiro atoms. The molecule has 5 heteroatoms. The molecular weight excluding hydrogens is 334 g/mol. The number of aromatic nitrogens is 2. The van der Waals surface area contributed by atoms with Gasteiger partial charge in [-0.05, 0) is 35.0 Å². The summed E-state index contributed by atoms with van der Waals surface area (Å²) in [5, 5.41) is 7.99. The Kier molecular flexibility index (Phi) is 3.92. The molecule has 1 aromatic carbocycles. The minimum absolute atomic E-state index is 0.00471. The number of fused-ring (bicyclic) bond motifs is 1. The molecule has 104 valence electrons. The van der Waals surface area contributed by atoms with E-state index in [9.17, 15) is 0 Å². The van der Waals surface area contributed by atoms with E-state index in [1.54, 1.807) is 11.3 Å². The van der Waals surface area contributed by atoms with Crippen molar-refractivity contribution in [1.82, 2.24) is 9.78 Å². The zero-order valence-corrected chi connectivity index (χ0v) is 13.6. The standard InChI is InChI=1S/C15H16BrN3S/c1-2-19-14-6-4-3-5-11(14)13(18-19)8-12(17)15-7-10(16)9-20-15/h3-7,9,12H,2,8,17H2,1H3. The van der Waals surface area contributed by atoms with Crippen LogP contribution in [0.1, 0.15) is 23.5 Å². The largest absolute Gasteiger partial charge is 0.323 e. The number of thiophene rings is 1. The second-order valence-corrected chi connectivity index (χ2v) is 6.62. The van der Waals surface area contributed by atoms with Crippen molar-refractivity contribution in [1.29, 1.82) is 0 Å². The Morgan fingerprint density at radius 3 is 2.90 bits per heavy atom. The van der Waals surface area contributed by atoms with Crippen LogP contribution in [-0.2, 0) is 13.0 Å².